The van der Waals surface area contributed by atoms with Gasteiger partial charge < -0.3 is 18.9 Å². The molecule has 0 N–H and O–H groups in total. The summed E-state index contributed by atoms with van der Waals surface area (Å²) in [6.07, 6.45) is 3.42. The molecule has 130 valence electrons. The zero-order valence-corrected chi connectivity index (χ0v) is 15.0. The highest BCUT2D eigenvalue weighted by Crippen LogP contribution is 2.38. The molecule has 24 heavy (non-hydrogen) atoms. The van der Waals surface area contributed by atoms with Crippen molar-refractivity contribution in [2.75, 3.05) is 32.1 Å². The van der Waals surface area contributed by atoms with Crippen LogP contribution in [-0.4, -0.2) is 59.5 Å². The van der Waals surface area contributed by atoms with Crippen LogP contribution in [0.15, 0.2) is 17.3 Å². The fraction of sp³-hybridized carbons (Fsp3) is 0.529. The van der Waals surface area contributed by atoms with Crippen LogP contribution in [0, 0.1) is 6.92 Å². The molecular weight excluding hydrogens is 328 g/mol. The van der Waals surface area contributed by atoms with Crippen LogP contribution >= 0.6 is 11.8 Å². The average Bonchev–Trinajstić information content (AvgIpc) is 3.06. The highest BCUT2D eigenvalue weighted by atomic mass is 32.2. The minimum absolute atomic E-state index is 0.000546. The summed E-state index contributed by atoms with van der Waals surface area (Å²) in [4.78, 5) is 26.5. The third-order valence-corrected chi connectivity index (χ3v) is 5.09. The SMILES string of the molecule is Cc1cn2c(c1C(=O)OC(C)C)SCC2=CC(=O)N1CCOCC1. The third kappa shape index (κ3) is 3.37. The van der Waals surface area contributed by atoms with Crippen LogP contribution in [0.2, 0.25) is 0 Å². The van der Waals surface area contributed by atoms with Crippen molar-refractivity contribution in [1.29, 1.82) is 0 Å². The van der Waals surface area contributed by atoms with Gasteiger partial charge in [0.25, 0.3) is 0 Å². The van der Waals surface area contributed by atoms with E-state index in [-0.39, 0.29) is 18.0 Å². The second-order valence-corrected chi connectivity index (χ2v) is 7.14. The van der Waals surface area contributed by atoms with Crippen LogP contribution in [0.25, 0.3) is 5.70 Å². The smallest absolute Gasteiger partial charge is 0.341 e. The van der Waals surface area contributed by atoms with E-state index in [1.807, 2.05) is 31.5 Å². The number of ether oxygens (including phenoxy) is 2. The van der Waals surface area contributed by atoms with Crippen LogP contribution in [-0.2, 0) is 14.3 Å². The zero-order valence-electron chi connectivity index (χ0n) is 14.2. The van der Waals surface area contributed by atoms with E-state index in [4.69, 9.17) is 9.47 Å². The van der Waals surface area contributed by atoms with Gasteiger partial charge in [-0.3, -0.25) is 4.79 Å². The predicted octanol–water partition coefficient (Wildman–Crippen LogP) is 2.17. The molecule has 1 amide bonds. The minimum Gasteiger partial charge on any atom is -0.459 e. The van der Waals surface area contributed by atoms with Crippen molar-refractivity contribution in [3.05, 3.63) is 23.4 Å². The molecule has 0 spiro atoms. The van der Waals surface area contributed by atoms with Gasteiger partial charge in [0.1, 0.15) is 0 Å². The molecular formula is C17H22N2O4S. The summed E-state index contributed by atoms with van der Waals surface area (Å²) in [5, 5.41) is 0.860. The van der Waals surface area contributed by atoms with Crippen molar-refractivity contribution < 1.29 is 19.1 Å². The van der Waals surface area contributed by atoms with E-state index in [1.165, 1.54) is 0 Å². The Bertz CT molecular complexity index is 687. The number of aromatic nitrogens is 1. The number of fused-ring (bicyclic) bond motifs is 1. The molecule has 3 heterocycles. The van der Waals surface area contributed by atoms with Crippen molar-refractivity contribution in [3.63, 3.8) is 0 Å². The summed E-state index contributed by atoms with van der Waals surface area (Å²) < 4.78 is 12.6. The Balaban J connectivity index is 1.83. The van der Waals surface area contributed by atoms with Crippen molar-refractivity contribution in [2.24, 2.45) is 0 Å². The molecule has 0 saturated carbocycles. The van der Waals surface area contributed by atoms with Gasteiger partial charge in [-0.1, -0.05) is 0 Å². The molecule has 1 saturated heterocycles. The highest BCUT2D eigenvalue weighted by molar-refractivity contribution is 8.00. The van der Waals surface area contributed by atoms with Gasteiger partial charge in [-0.05, 0) is 26.3 Å². The van der Waals surface area contributed by atoms with Gasteiger partial charge in [-0.2, -0.15) is 0 Å². The van der Waals surface area contributed by atoms with Gasteiger partial charge in [0, 0.05) is 36.8 Å². The summed E-state index contributed by atoms with van der Waals surface area (Å²) >= 11 is 1.57. The van der Waals surface area contributed by atoms with Crippen LogP contribution in [0.4, 0.5) is 0 Å². The number of hydrogen-bond acceptors (Lipinski definition) is 5. The van der Waals surface area contributed by atoms with E-state index in [2.05, 4.69) is 0 Å². The molecule has 2 aliphatic heterocycles. The Morgan fingerprint density at radius 1 is 1.33 bits per heavy atom. The first-order chi connectivity index (χ1) is 11.5. The van der Waals surface area contributed by atoms with Crippen LogP contribution in [0.1, 0.15) is 29.8 Å². The average molecular weight is 350 g/mol. The van der Waals surface area contributed by atoms with Gasteiger partial charge in [0.2, 0.25) is 5.91 Å². The summed E-state index contributed by atoms with van der Waals surface area (Å²) in [6.45, 7) is 7.99. The lowest BCUT2D eigenvalue weighted by molar-refractivity contribution is -0.129. The van der Waals surface area contributed by atoms with E-state index >= 15 is 0 Å². The van der Waals surface area contributed by atoms with Crippen molar-refractivity contribution >= 4 is 29.3 Å². The molecule has 0 aromatic carbocycles. The number of aryl methyl sites for hydroxylation is 1. The topological polar surface area (TPSA) is 60.8 Å². The highest BCUT2D eigenvalue weighted by Gasteiger charge is 2.28. The zero-order chi connectivity index (χ0) is 17.3. The van der Waals surface area contributed by atoms with Crippen molar-refractivity contribution in [1.82, 2.24) is 9.47 Å². The first-order valence-corrected chi connectivity index (χ1v) is 9.09. The molecule has 1 fully saturated rings. The largest absolute Gasteiger partial charge is 0.459 e. The van der Waals surface area contributed by atoms with Gasteiger partial charge in [-0.15, -0.1) is 11.8 Å². The van der Waals surface area contributed by atoms with E-state index in [0.29, 0.717) is 37.6 Å². The number of nitrogens with zero attached hydrogens (tertiary/aromatic N) is 2. The molecule has 7 heteroatoms. The lowest BCUT2D eigenvalue weighted by Crippen LogP contribution is -2.40. The monoisotopic (exact) mass is 350 g/mol. The normalized spacial score (nSPS) is 19.0. The Kier molecular flexibility index (Phi) is 5.01. The van der Waals surface area contributed by atoms with Crippen molar-refractivity contribution in [3.8, 4) is 0 Å². The molecule has 2 aliphatic rings. The Morgan fingerprint density at radius 2 is 2.04 bits per heavy atom. The number of esters is 1. The Morgan fingerprint density at radius 3 is 2.71 bits per heavy atom. The lowest BCUT2D eigenvalue weighted by Gasteiger charge is -2.25. The summed E-state index contributed by atoms with van der Waals surface area (Å²) in [5.74, 6) is 0.372. The maximum Gasteiger partial charge on any atom is 0.341 e. The second kappa shape index (κ2) is 7.03. The molecule has 0 atom stereocenters. The van der Waals surface area contributed by atoms with E-state index in [0.717, 1.165) is 16.3 Å². The summed E-state index contributed by atoms with van der Waals surface area (Å²) in [7, 11) is 0. The first kappa shape index (κ1) is 17.1. The molecule has 6 nitrogen and oxygen atoms in total. The van der Waals surface area contributed by atoms with Crippen molar-refractivity contribution in [2.45, 2.75) is 31.9 Å². The molecule has 1 aromatic heterocycles. The summed E-state index contributed by atoms with van der Waals surface area (Å²) in [5.41, 5.74) is 2.38. The number of carbonyl (C=O) groups is 2. The van der Waals surface area contributed by atoms with E-state index < -0.39 is 0 Å². The number of thioether (sulfide) groups is 1. The van der Waals surface area contributed by atoms with Gasteiger partial charge in [0.15, 0.2) is 0 Å². The van der Waals surface area contributed by atoms with Crippen LogP contribution in [0.3, 0.4) is 0 Å². The third-order valence-electron chi connectivity index (χ3n) is 3.98. The Labute approximate surface area is 145 Å². The maximum atomic E-state index is 12.4. The van der Waals surface area contributed by atoms with Crippen LogP contribution in [0.5, 0.6) is 0 Å². The Hall–Kier alpha value is -1.73. The quantitative estimate of drug-likeness (QED) is 0.618. The standard InChI is InChI=1S/C17H22N2O4S/c1-11(2)23-17(21)15-12(3)9-19-13(10-24-16(15)19)8-14(20)18-4-6-22-7-5-18/h8-9,11H,4-7,10H2,1-3H3. The number of hydrogen-bond donors (Lipinski definition) is 0. The number of amides is 1. The number of carbonyl (C=O) groups excluding carboxylic acids is 2. The van der Waals surface area contributed by atoms with Crippen LogP contribution < -0.4 is 0 Å². The molecule has 0 bridgehead atoms. The van der Waals surface area contributed by atoms with E-state index in [1.54, 1.807) is 22.7 Å². The minimum atomic E-state index is -0.301. The fourth-order valence-electron chi connectivity index (χ4n) is 2.82. The molecule has 3 rings (SSSR count). The summed E-state index contributed by atoms with van der Waals surface area (Å²) in [6, 6.07) is 0. The van der Waals surface area contributed by atoms with Gasteiger partial charge >= 0.3 is 5.97 Å². The first-order valence-electron chi connectivity index (χ1n) is 8.10. The van der Waals surface area contributed by atoms with E-state index in [9.17, 15) is 9.59 Å². The van der Waals surface area contributed by atoms with Gasteiger partial charge in [0.05, 0.1) is 29.9 Å². The molecule has 0 radical (unpaired) electrons. The number of morpholine rings is 1. The molecule has 0 unspecified atom stereocenters. The second-order valence-electron chi connectivity index (χ2n) is 6.18. The fourth-order valence-corrected chi connectivity index (χ4v) is 4.03. The molecule has 0 aliphatic carbocycles. The maximum absolute atomic E-state index is 12.4. The predicted molar refractivity (Wildman–Crippen MR) is 92.1 cm³/mol. The van der Waals surface area contributed by atoms with Gasteiger partial charge in [-0.25, -0.2) is 4.79 Å². The number of rotatable bonds is 3. The molecule has 1 aromatic rings. The lowest BCUT2D eigenvalue weighted by atomic mass is 10.2.